The zero-order valence-electron chi connectivity index (χ0n) is 10.6. The molecular weight excluding hydrogens is 284 g/mol. The van der Waals surface area contributed by atoms with Gasteiger partial charge in [-0.2, -0.15) is 0 Å². The van der Waals surface area contributed by atoms with Gasteiger partial charge in [-0.1, -0.05) is 12.8 Å². The number of hydrogen-bond acceptors (Lipinski definition) is 5. The second-order valence-corrected chi connectivity index (χ2v) is 5.74. The van der Waals surface area contributed by atoms with Crippen LogP contribution in [0.15, 0.2) is 22.2 Å². The number of nitrogens with zero attached hydrogens (tertiary/aromatic N) is 4. The van der Waals surface area contributed by atoms with Gasteiger partial charge in [-0.25, -0.2) is 13.5 Å². The number of halogens is 2. The quantitative estimate of drug-likeness (QED) is 0.882. The second kappa shape index (κ2) is 5.35. The molecule has 1 aromatic heterocycles. The Hall–Kier alpha value is -1.70. The number of nitrogen functional groups attached to an aromatic ring is 1. The molecule has 106 valence electrons. The largest absolute Gasteiger partial charge is 0.399 e. The van der Waals surface area contributed by atoms with Gasteiger partial charge < -0.3 is 5.73 Å². The Morgan fingerprint density at radius 3 is 2.50 bits per heavy atom. The molecule has 3 rings (SSSR count). The Bertz CT molecular complexity index is 601. The van der Waals surface area contributed by atoms with Crippen LogP contribution in [-0.2, 0) is 0 Å². The monoisotopic (exact) mass is 297 g/mol. The van der Waals surface area contributed by atoms with Crippen molar-refractivity contribution in [2.45, 2.75) is 41.8 Å². The standard InChI is InChI=1S/C12H13F2N5S/c13-9-5-7(15)6-10(14)11(9)20-12-16-17-18-19(12)8-3-1-2-4-8/h5-6,8H,1-4,15H2. The molecule has 0 amide bonds. The van der Waals surface area contributed by atoms with Gasteiger partial charge in [0.1, 0.15) is 11.6 Å². The minimum atomic E-state index is -0.700. The van der Waals surface area contributed by atoms with E-state index in [1.54, 1.807) is 4.68 Å². The summed E-state index contributed by atoms with van der Waals surface area (Å²) in [7, 11) is 0. The Morgan fingerprint density at radius 1 is 1.20 bits per heavy atom. The van der Waals surface area contributed by atoms with E-state index < -0.39 is 11.6 Å². The summed E-state index contributed by atoms with van der Waals surface area (Å²) >= 11 is 0.891. The summed E-state index contributed by atoms with van der Waals surface area (Å²) in [6, 6.07) is 2.40. The number of anilines is 1. The molecule has 1 saturated carbocycles. The number of hydrogen-bond donors (Lipinski definition) is 1. The van der Waals surface area contributed by atoms with E-state index in [2.05, 4.69) is 15.5 Å². The van der Waals surface area contributed by atoms with Crippen molar-refractivity contribution < 1.29 is 8.78 Å². The number of rotatable bonds is 3. The predicted octanol–water partition coefficient (Wildman–Crippen LogP) is 2.80. The summed E-state index contributed by atoms with van der Waals surface area (Å²) in [4.78, 5) is -0.131. The molecule has 1 aromatic carbocycles. The van der Waals surface area contributed by atoms with Gasteiger partial charge in [0.05, 0.1) is 10.9 Å². The average Bonchev–Trinajstić information content (AvgIpc) is 3.04. The van der Waals surface area contributed by atoms with E-state index in [0.29, 0.717) is 5.16 Å². The molecule has 1 aliphatic rings. The Balaban J connectivity index is 1.90. The van der Waals surface area contributed by atoms with Crippen LogP contribution in [0.3, 0.4) is 0 Å². The molecule has 0 spiro atoms. The lowest BCUT2D eigenvalue weighted by Gasteiger charge is -2.11. The van der Waals surface area contributed by atoms with E-state index in [0.717, 1.165) is 49.6 Å². The van der Waals surface area contributed by atoms with E-state index in [1.165, 1.54) is 0 Å². The van der Waals surface area contributed by atoms with Gasteiger partial charge in [0.25, 0.3) is 0 Å². The highest BCUT2D eigenvalue weighted by atomic mass is 32.2. The topological polar surface area (TPSA) is 69.6 Å². The summed E-state index contributed by atoms with van der Waals surface area (Å²) in [6.45, 7) is 0. The number of benzene rings is 1. The van der Waals surface area contributed by atoms with Crippen LogP contribution < -0.4 is 5.73 Å². The van der Waals surface area contributed by atoms with E-state index in [9.17, 15) is 8.78 Å². The first-order valence-electron chi connectivity index (χ1n) is 6.35. The lowest BCUT2D eigenvalue weighted by molar-refractivity contribution is 0.422. The van der Waals surface area contributed by atoms with Crippen molar-refractivity contribution in [1.82, 2.24) is 20.2 Å². The molecule has 20 heavy (non-hydrogen) atoms. The van der Waals surface area contributed by atoms with E-state index in [-0.39, 0.29) is 16.6 Å². The molecule has 0 unspecified atom stereocenters. The van der Waals surface area contributed by atoms with Crippen molar-refractivity contribution in [1.29, 1.82) is 0 Å². The molecule has 0 saturated heterocycles. The molecule has 0 radical (unpaired) electrons. The molecule has 0 atom stereocenters. The van der Waals surface area contributed by atoms with E-state index in [1.807, 2.05) is 0 Å². The van der Waals surface area contributed by atoms with Crippen molar-refractivity contribution in [2.24, 2.45) is 0 Å². The molecule has 1 fully saturated rings. The van der Waals surface area contributed by atoms with Crippen molar-refractivity contribution >= 4 is 17.4 Å². The van der Waals surface area contributed by atoms with Gasteiger partial charge in [0.2, 0.25) is 5.16 Å². The van der Waals surface area contributed by atoms with Crippen LogP contribution in [0.2, 0.25) is 0 Å². The second-order valence-electron chi connectivity index (χ2n) is 4.76. The molecule has 5 nitrogen and oxygen atoms in total. The fraction of sp³-hybridized carbons (Fsp3) is 0.417. The maximum Gasteiger partial charge on any atom is 0.214 e. The molecule has 0 bridgehead atoms. The van der Waals surface area contributed by atoms with Crippen molar-refractivity contribution in [3.8, 4) is 0 Å². The molecule has 2 aromatic rings. The highest BCUT2D eigenvalue weighted by molar-refractivity contribution is 7.99. The summed E-state index contributed by atoms with van der Waals surface area (Å²) in [5.41, 5.74) is 5.45. The van der Waals surface area contributed by atoms with Crippen LogP contribution in [0.1, 0.15) is 31.7 Å². The summed E-state index contributed by atoms with van der Waals surface area (Å²) in [5.74, 6) is -1.40. The highest BCUT2D eigenvalue weighted by Gasteiger charge is 2.23. The number of nitrogens with two attached hydrogens (primary N) is 1. The first-order chi connectivity index (χ1) is 9.65. The molecule has 1 heterocycles. The zero-order valence-corrected chi connectivity index (χ0v) is 11.4. The number of aromatic nitrogens is 4. The first-order valence-corrected chi connectivity index (χ1v) is 7.17. The van der Waals surface area contributed by atoms with Gasteiger partial charge in [-0.05, 0) is 47.2 Å². The van der Waals surface area contributed by atoms with Crippen LogP contribution in [0.25, 0.3) is 0 Å². The molecule has 8 heteroatoms. The third-order valence-corrected chi connectivity index (χ3v) is 4.39. The van der Waals surface area contributed by atoms with Crippen molar-refractivity contribution in [2.75, 3.05) is 5.73 Å². The van der Waals surface area contributed by atoms with Crippen LogP contribution in [0.4, 0.5) is 14.5 Å². The van der Waals surface area contributed by atoms with Gasteiger partial charge >= 0.3 is 0 Å². The van der Waals surface area contributed by atoms with Crippen molar-refractivity contribution in [3.05, 3.63) is 23.8 Å². The van der Waals surface area contributed by atoms with Crippen LogP contribution in [0.5, 0.6) is 0 Å². The Morgan fingerprint density at radius 2 is 1.85 bits per heavy atom. The fourth-order valence-electron chi connectivity index (χ4n) is 2.40. The molecular formula is C12H13F2N5S. The van der Waals surface area contributed by atoms with Crippen LogP contribution in [-0.4, -0.2) is 20.2 Å². The fourth-order valence-corrected chi connectivity index (χ4v) is 3.25. The van der Waals surface area contributed by atoms with Crippen LogP contribution >= 0.6 is 11.8 Å². The summed E-state index contributed by atoms with van der Waals surface area (Å²) in [6.07, 6.45) is 4.23. The maximum absolute atomic E-state index is 13.8. The lowest BCUT2D eigenvalue weighted by Crippen LogP contribution is -2.08. The summed E-state index contributed by atoms with van der Waals surface area (Å²) < 4.78 is 29.2. The maximum atomic E-state index is 13.8. The minimum Gasteiger partial charge on any atom is -0.399 e. The molecule has 2 N–H and O–H groups in total. The molecule has 0 aliphatic heterocycles. The van der Waals surface area contributed by atoms with Gasteiger partial charge in [-0.3, -0.25) is 0 Å². The van der Waals surface area contributed by atoms with Gasteiger partial charge in [0.15, 0.2) is 0 Å². The smallest absolute Gasteiger partial charge is 0.214 e. The van der Waals surface area contributed by atoms with Gasteiger partial charge in [-0.15, -0.1) is 5.10 Å². The summed E-state index contributed by atoms with van der Waals surface area (Å²) in [5, 5.41) is 11.8. The normalized spacial score (nSPS) is 15.9. The first kappa shape index (κ1) is 13.3. The lowest BCUT2D eigenvalue weighted by atomic mass is 10.3. The Labute approximate surface area is 118 Å². The van der Waals surface area contributed by atoms with E-state index in [4.69, 9.17) is 5.73 Å². The average molecular weight is 297 g/mol. The van der Waals surface area contributed by atoms with Crippen molar-refractivity contribution in [3.63, 3.8) is 0 Å². The SMILES string of the molecule is Nc1cc(F)c(Sc2nnnn2C2CCCC2)c(F)c1. The third-order valence-electron chi connectivity index (χ3n) is 3.35. The third kappa shape index (κ3) is 2.47. The zero-order chi connectivity index (χ0) is 14.1. The predicted molar refractivity (Wildman–Crippen MR) is 70.2 cm³/mol. The minimum absolute atomic E-state index is 0.0553. The molecule has 1 aliphatic carbocycles. The number of tetrazole rings is 1. The van der Waals surface area contributed by atoms with E-state index >= 15 is 0 Å². The van der Waals surface area contributed by atoms with Crippen LogP contribution in [0, 0.1) is 11.6 Å². The highest BCUT2D eigenvalue weighted by Crippen LogP contribution is 2.36. The van der Waals surface area contributed by atoms with Gasteiger partial charge in [0, 0.05) is 5.69 Å². The Kier molecular flexibility index (Phi) is 3.56.